The lowest BCUT2D eigenvalue weighted by molar-refractivity contribution is 0.0713. The molecule has 2 heteroatoms. The van der Waals surface area contributed by atoms with Gasteiger partial charge >= 0.3 is 0 Å². The highest BCUT2D eigenvalue weighted by atomic mass is 16.5. The van der Waals surface area contributed by atoms with E-state index in [1.54, 1.807) is 0 Å². The number of nitrogens with one attached hydrogen (secondary N) is 1. The second-order valence-electron chi connectivity index (χ2n) is 6.43. The Morgan fingerprint density at radius 2 is 1.89 bits per heavy atom. The van der Waals surface area contributed by atoms with Crippen LogP contribution >= 0.6 is 0 Å². The van der Waals surface area contributed by atoms with Crippen LogP contribution < -0.4 is 5.32 Å². The van der Waals surface area contributed by atoms with Crippen molar-refractivity contribution in [2.24, 2.45) is 5.41 Å². The predicted molar refractivity (Wildman–Crippen MR) is 76.9 cm³/mol. The molecule has 2 fully saturated rings. The quantitative estimate of drug-likeness (QED) is 0.629. The summed E-state index contributed by atoms with van der Waals surface area (Å²) in [5, 5.41) is 3.76. The fourth-order valence-electron chi connectivity index (χ4n) is 3.10. The zero-order chi connectivity index (χ0) is 12.7. The Kier molecular flexibility index (Phi) is 5.97. The molecule has 0 aromatic heterocycles. The predicted octanol–water partition coefficient (Wildman–Crippen LogP) is 3.90. The van der Waals surface area contributed by atoms with Gasteiger partial charge in [0.05, 0.1) is 0 Å². The molecule has 2 rings (SSSR count). The van der Waals surface area contributed by atoms with Crippen molar-refractivity contribution >= 4 is 0 Å². The summed E-state index contributed by atoms with van der Waals surface area (Å²) in [6.07, 6.45) is 13.7. The van der Waals surface area contributed by atoms with Crippen molar-refractivity contribution < 1.29 is 4.74 Å². The Labute approximate surface area is 113 Å². The molecule has 2 saturated carbocycles. The maximum atomic E-state index is 5.80. The number of hydrogen-bond acceptors (Lipinski definition) is 2. The van der Waals surface area contributed by atoms with Gasteiger partial charge in [-0.05, 0) is 43.9 Å². The van der Waals surface area contributed by atoms with E-state index in [0.717, 1.165) is 19.3 Å². The van der Waals surface area contributed by atoms with Gasteiger partial charge < -0.3 is 10.1 Å². The summed E-state index contributed by atoms with van der Waals surface area (Å²) < 4.78 is 5.80. The molecule has 2 aliphatic carbocycles. The van der Waals surface area contributed by atoms with Crippen LogP contribution in [0.4, 0.5) is 0 Å². The van der Waals surface area contributed by atoms with Crippen molar-refractivity contribution in [3.8, 4) is 0 Å². The first-order valence-electron chi connectivity index (χ1n) is 8.16. The Balaban J connectivity index is 1.68. The van der Waals surface area contributed by atoms with E-state index in [2.05, 4.69) is 12.2 Å². The summed E-state index contributed by atoms with van der Waals surface area (Å²) in [6, 6.07) is 0.852. The van der Waals surface area contributed by atoms with E-state index in [9.17, 15) is 0 Å². The van der Waals surface area contributed by atoms with Gasteiger partial charge in [-0.3, -0.25) is 0 Å². The molecule has 0 aromatic rings. The Morgan fingerprint density at radius 3 is 2.56 bits per heavy atom. The van der Waals surface area contributed by atoms with Crippen LogP contribution in [0.25, 0.3) is 0 Å². The molecule has 0 atom stereocenters. The largest absolute Gasteiger partial charge is 0.381 e. The molecule has 18 heavy (non-hydrogen) atoms. The van der Waals surface area contributed by atoms with Gasteiger partial charge in [-0.15, -0.1) is 0 Å². The lowest BCUT2D eigenvalue weighted by Gasteiger charge is -2.37. The van der Waals surface area contributed by atoms with Crippen molar-refractivity contribution in [2.45, 2.75) is 77.2 Å². The molecular weight excluding hydrogens is 222 g/mol. The third kappa shape index (κ3) is 4.89. The molecule has 0 saturated heterocycles. The molecule has 0 spiro atoms. The van der Waals surface area contributed by atoms with E-state index < -0.39 is 0 Å². The summed E-state index contributed by atoms with van der Waals surface area (Å²) >= 11 is 0. The van der Waals surface area contributed by atoms with Crippen molar-refractivity contribution in [3.63, 3.8) is 0 Å². The minimum atomic E-state index is 0.563. The van der Waals surface area contributed by atoms with Crippen molar-refractivity contribution in [1.82, 2.24) is 5.32 Å². The van der Waals surface area contributed by atoms with Crippen LogP contribution in [-0.4, -0.2) is 25.8 Å². The van der Waals surface area contributed by atoms with Crippen molar-refractivity contribution in [3.05, 3.63) is 0 Å². The SMILES string of the molecule is CCCCOCCC1(CNC2CC2)CCCCC1. The molecule has 0 radical (unpaired) electrons. The topological polar surface area (TPSA) is 21.3 Å². The molecule has 0 bridgehead atoms. The van der Waals surface area contributed by atoms with Gasteiger partial charge in [0.15, 0.2) is 0 Å². The number of unbranched alkanes of at least 4 members (excludes halogenated alkanes) is 1. The number of rotatable bonds is 9. The summed E-state index contributed by atoms with van der Waals surface area (Å²) in [5.74, 6) is 0. The first kappa shape index (κ1) is 14.3. The minimum Gasteiger partial charge on any atom is -0.381 e. The summed E-state index contributed by atoms with van der Waals surface area (Å²) in [6.45, 7) is 5.41. The molecule has 0 amide bonds. The molecule has 2 nitrogen and oxygen atoms in total. The highest BCUT2D eigenvalue weighted by Crippen LogP contribution is 2.39. The summed E-state index contributed by atoms with van der Waals surface area (Å²) in [7, 11) is 0. The summed E-state index contributed by atoms with van der Waals surface area (Å²) in [4.78, 5) is 0. The monoisotopic (exact) mass is 253 g/mol. The van der Waals surface area contributed by atoms with Crippen LogP contribution in [-0.2, 0) is 4.74 Å². The van der Waals surface area contributed by atoms with Crippen LogP contribution in [0.15, 0.2) is 0 Å². The van der Waals surface area contributed by atoms with Gasteiger partial charge in [0.2, 0.25) is 0 Å². The van der Waals surface area contributed by atoms with Gasteiger partial charge in [-0.2, -0.15) is 0 Å². The molecular formula is C16H31NO. The number of hydrogen-bond donors (Lipinski definition) is 1. The first-order valence-corrected chi connectivity index (χ1v) is 8.16. The normalized spacial score (nSPS) is 23.2. The smallest absolute Gasteiger partial charge is 0.0471 e. The van der Waals surface area contributed by atoms with Crippen molar-refractivity contribution in [1.29, 1.82) is 0 Å². The van der Waals surface area contributed by atoms with Crippen LogP contribution in [0, 0.1) is 5.41 Å². The van der Waals surface area contributed by atoms with E-state index in [1.165, 1.54) is 70.8 Å². The van der Waals surface area contributed by atoms with E-state index in [1.807, 2.05) is 0 Å². The molecule has 106 valence electrons. The van der Waals surface area contributed by atoms with Gasteiger partial charge in [-0.25, -0.2) is 0 Å². The zero-order valence-corrected chi connectivity index (χ0v) is 12.2. The maximum absolute atomic E-state index is 5.80. The van der Waals surface area contributed by atoms with Crippen LogP contribution in [0.2, 0.25) is 0 Å². The van der Waals surface area contributed by atoms with E-state index in [0.29, 0.717) is 5.41 Å². The van der Waals surface area contributed by atoms with E-state index >= 15 is 0 Å². The van der Waals surface area contributed by atoms with Crippen LogP contribution in [0.3, 0.4) is 0 Å². The standard InChI is InChI=1S/C16H31NO/c1-2-3-12-18-13-11-16(9-5-4-6-10-16)14-17-15-7-8-15/h15,17H,2-14H2,1H3. The number of ether oxygens (including phenoxy) is 1. The van der Waals surface area contributed by atoms with Gasteiger partial charge in [-0.1, -0.05) is 32.6 Å². The Morgan fingerprint density at radius 1 is 1.11 bits per heavy atom. The van der Waals surface area contributed by atoms with Crippen LogP contribution in [0.1, 0.15) is 71.1 Å². The lowest BCUT2D eigenvalue weighted by Crippen LogP contribution is -2.38. The highest BCUT2D eigenvalue weighted by molar-refractivity contribution is 4.89. The molecule has 2 aliphatic rings. The molecule has 0 unspecified atom stereocenters. The average Bonchev–Trinajstić information content (AvgIpc) is 3.22. The fraction of sp³-hybridized carbons (Fsp3) is 1.00. The third-order valence-electron chi connectivity index (χ3n) is 4.68. The Hall–Kier alpha value is -0.0800. The van der Waals surface area contributed by atoms with Gasteiger partial charge in [0, 0.05) is 25.8 Å². The minimum absolute atomic E-state index is 0.563. The molecule has 0 aromatic carbocycles. The van der Waals surface area contributed by atoms with Crippen molar-refractivity contribution in [2.75, 3.05) is 19.8 Å². The highest BCUT2D eigenvalue weighted by Gasteiger charge is 2.33. The van der Waals surface area contributed by atoms with Gasteiger partial charge in [0.1, 0.15) is 0 Å². The first-order chi connectivity index (χ1) is 8.85. The average molecular weight is 253 g/mol. The lowest BCUT2D eigenvalue weighted by atomic mass is 9.72. The van der Waals surface area contributed by atoms with Crippen LogP contribution in [0.5, 0.6) is 0 Å². The molecule has 0 aliphatic heterocycles. The third-order valence-corrected chi connectivity index (χ3v) is 4.68. The van der Waals surface area contributed by atoms with Gasteiger partial charge in [0.25, 0.3) is 0 Å². The van der Waals surface area contributed by atoms with E-state index in [4.69, 9.17) is 4.74 Å². The second-order valence-corrected chi connectivity index (χ2v) is 6.43. The Bertz CT molecular complexity index is 219. The maximum Gasteiger partial charge on any atom is 0.0471 e. The second kappa shape index (κ2) is 7.49. The molecule has 1 N–H and O–H groups in total. The zero-order valence-electron chi connectivity index (χ0n) is 12.2. The fourth-order valence-corrected chi connectivity index (χ4v) is 3.10. The summed E-state index contributed by atoms with van der Waals surface area (Å²) in [5.41, 5.74) is 0.563. The molecule has 0 heterocycles. The van der Waals surface area contributed by atoms with E-state index in [-0.39, 0.29) is 0 Å².